The Morgan fingerprint density at radius 3 is 2.65 bits per heavy atom. The van der Waals surface area contributed by atoms with Crippen molar-refractivity contribution in [2.45, 2.75) is 32.4 Å². The predicted octanol–water partition coefficient (Wildman–Crippen LogP) is 4.19. The second-order valence-electron chi connectivity index (χ2n) is 5.37. The van der Waals surface area contributed by atoms with Gasteiger partial charge in [-0.1, -0.05) is 18.2 Å². The SMILES string of the molecule is Cc1c(F)cccc1-c1ccc(F)c(CNC2CC2)c1. The Hall–Kier alpha value is -1.74. The molecule has 1 N–H and O–H groups in total. The summed E-state index contributed by atoms with van der Waals surface area (Å²) in [6, 6.07) is 10.5. The molecule has 0 heterocycles. The van der Waals surface area contributed by atoms with Gasteiger partial charge in [0.15, 0.2) is 0 Å². The molecule has 0 amide bonds. The molecule has 1 aliphatic carbocycles. The average Bonchev–Trinajstić information content (AvgIpc) is 3.25. The first kappa shape index (κ1) is 13.3. The molecule has 104 valence electrons. The van der Waals surface area contributed by atoms with Crippen molar-refractivity contribution in [3.63, 3.8) is 0 Å². The van der Waals surface area contributed by atoms with Gasteiger partial charge in [-0.3, -0.25) is 0 Å². The standard InChI is InChI=1S/C17H17F2N/c1-11-15(3-2-4-16(11)18)12-5-8-17(19)13(9-12)10-20-14-6-7-14/h2-5,8-9,14,20H,6-7,10H2,1H3. The molecule has 0 atom stereocenters. The number of halogens is 2. The lowest BCUT2D eigenvalue weighted by Crippen LogP contribution is -2.16. The Bertz CT molecular complexity index is 633. The summed E-state index contributed by atoms with van der Waals surface area (Å²) in [6.07, 6.45) is 2.34. The maximum atomic E-state index is 13.8. The molecule has 0 bridgehead atoms. The second kappa shape index (κ2) is 5.33. The van der Waals surface area contributed by atoms with E-state index in [-0.39, 0.29) is 11.6 Å². The number of hydrogen-bond donors (Lipinski definition) is 1. The van der Waals surface area contributed by atoms with Crippen LogP contribution in [0.15, 0.2) is 36.4 Å². The first-order chi connectivity index (χ1) is 9.65. The third kappa shape index (κ3) is 2.73. The fourth-order valence-electron chi connectivity index (χ4n) is 2.34. The van der Waals surface area contributed by atoms with Crippen molar-refractivity contribution in [1.82, 2.24) is 5.32 Å². The van der Waals surface area contributed by atoms with Crippen molar-refractivity contribution in [3.8, 4) is 11.1 Å². The van der Waals surface area contributed by atoms with Crippen molar-refractivity contribution in [2.75, 3.05) is 0 Å². The van der Waals surface area contributed by atoms with Crippen LogP contribution in [-0.2, 0) is 6.54 Å². The normalized spacial score (nSPS) is 14.6. The highest BCUT2D eigenvalue weighted by molar-refractivity contribution is 5.68. The first-order valence-electron chi connectivity index (χ1n) is 6.92. The summed E-state index contributed by atoms with van der Waals surface area (Å²) < 4.78 is 27.4. The maximum absolute atomic E-state index is 13.8. The van der Waals surface area contributed by atoms with E-state index in [1.807, 2.05) is 12.1 Å². The summed E-state index contributed by atoms with van der Waals surface area (Å²) in [7, 11) is 0. The zero-order valence-electron chi connectivity index (χ0n) is 11.4. The van der Waals surface area contributed by atoms with Crippen LogP contribution in [0.4, 0.5) is 8.78 Å². The minimum Gasteiger partial charge on any atom is -0.310 e. The van der Waals surface area contributed by atoms with Gasteiger partial charge in [0.1, 0.15) is 11.6 Å². The van der Waals surface area contributed by atoms with Gasteiger partial charge >= 0.3 is 0 Å². The first-order valence-corrected chi connectivity index (χ1v) is 6.92. The molecule has 0 radical (unpaired) electrons. The van der Waals surface area contributed by atoms with Crippen LogP contribution in [0.25, 0.3) is 11.1 Å². The van der Waals surface area contributed by atoms with Crippen LogP contribution >= 0.6 is 0 Å². The van der Waals surface area contributed by atoms with Gasteiger partial charge in [0.2, 0.25) is 0 Å². The van der Waals surface area contributed by atoms with Crippen molar-refractivity contribution in [1.29, 1.82) is 0 Å². The van der Waals surface area contributed by atoms with Crippen molar-refractivity contribution in [2.24, 2.45) is 0 Å². The van der Waals surface area contributed by atoms with Gasteiger partial charge in [0.25, 0.3) is 0 Å². The van der Waals surface area contributed by atoms with E-state index in [9.17, 15) is 8.78 Å². The minimum atomic E-state index is -0.232. The molecule has 3 rings (SSSR count). The molecule has 1 saturated carbocycles. The molecule has 2 aromatic carbocycles. The zero-order chi connectivity index (χ0) is 14.1. The Balaban J connectivity index is 1.92. The number of nitrogens with one attached hydrogen (secondary N) is 1. The van der Waals surface area contributed by atoms with Crippen LogP contribution in [0, 0.1) is 18.6 Å². The summed E-state index contributed by atoms with van der Waals surface area (Å²) in [5.74, 6) is -0.444. The highest BCUT2D eigenvalue weighted by atomic mass is 19.1. The van der Waals surface area contributed by atoms with Crippen molar-refractivity contribution >= 4 is 0 Å². The van der Waals surface area contributed by atoms with Gasteiger partial charge in [0, 0.05) is 18.2 Å². The highest BCUT2D eigenvalue weighted by Crippen LogP contribution is 2.27. The van der Waals surface area contributed by atoms with Gasteiger partial charge in [-0.25, -0.2) is 8.78 Å². The summed E-state index contributed by atoms with van der Waals surface area (Å²) >= 11 is 0. The van der Waals surface area contributed by atoms with Gasteiger partial charge in [0.05, 0.1) is 0 Å². The molecule has 0 aromatic heterocycles. The molecule has 1 aliphatic rings. The van der Waals surface area contributed by atoms with Crippen LogP contribution in [-0.4, -0.2) is 6.04 Å². The lowest BCUT2D eigenvalue weighted by atomic mass is 9.98. The maximum Gasteiger partial charge on any atom is 0.127 e. The lowest BCUT2D eigenvalue weighted by Gasteiger charge is -2.10. The van der Waals surface area contributed by atoms with Crippen molar-refractivity contribution in [3.05, 3.63) is 59.2 Å². The van der Waals surface area contributed by atoms with E-state index in [1.54, 1.807) is 19.1 Å². The van der Waals surface area contributed by atoms with E-state index in [2.05, 4.69) is 5.32 Å². The smallest absolute Gasteiger partial charge is 0.127 e. The monoisotopic (exact) mass is 273 g/mol. The highest BCUT2D eigenvalue weighted by Gasteiger charge is 2.20. The fourth-order valence-corrected chi connectivity index (χ4v) is 2.34. The third-order valence-corrected chi connectivity index (χ3v) is 3.78. The fraction of sp³-hybridized carbons (Fsp3) is 0.294. The van der Waals surface area contributed by atoms with E-state index in [0.717, 1.165) is 11.1 Å². The predicted molar refractivity (Wildman–Crippen MR) is 76.4 cm³/mol. The van der Waals surface area contributed by atoms with Crippen LogP contribution in [0.3, 0.4) is 0 Å². The Morgan fingerprint density at radius 2 is 1.90 bits per heavy atom. The number of benzene rings is 2. The lowest BCUT2D eigenvalue weighted by molar-refractivity contribution is 0.587. The molecular weight excluding hydrogens is 256 g/mol. The van der Waals surface area contributed by atoms with Crippen LogP contribution in [0.5, 0.6) is 0 Å². The summed E-state index contributed by atoms with van der Waals surface area (Å²) in [5.41, 5.74) is 2.91. The topological polar surface area (TPSA) is 12.0 Å². The van der Waals surface area contributed by atoms with E-state index in [4.69, 9.17) is 0 Å². The molecule has 0 spiro atoms. The summed E-state index contributed by atoms with van der Waals surface area (Å²) in [6.45, 7) is 2.27. The molecule has 0 unspecified atom stereocenters. The summed E-state index contributed by atoms with van der Waals surface area (Å²) in [5, 5.41) is 3.30. The summed E-state index contributed by atoms with van der Waals surface area (Å²) in [4.78, 5) is 0. The van der Waals surface area contributed by atoms with Gasteiger partial charge in [-0.15, -0.1) is 0 Å². The van der Waals surface area contributed by atoms with E-state index < -0.39 is 0 Å². The van der Waals surface area contributed by atoms with E-state index in [1.165, 1.54) is 25.0 Å². The van der Waals surface area contributed by atoms with Crippen LogP contribution in [0.2, 0.25) is 0 Å². The quantitative estimate of drug-likeness (QED) is 0.880. The second-order valence-corrected chi connectivity index (χ2v) is 5.37. The molecule has 0 aliphatic heterocycles. The molecule has 1 nitrogen and oxygen atoms in total. The van der Waals surface area contributed by atoms with Crippen LogP contribution in [0.1, 0.15) is 24.0 Å². The molecular formula is C17H17F2N. The van der Waals surface area contributed by atoms with Gasteiger partial charge in [-0.05, 0) is 54.7 Å². The number of rotatable bonds is 4. The number of hydrogen-bond acceptors (Lipinski definition) is 1. The molecule has 1 fully saturated rings. The Morgan fingerprint density at radius 1 is 1.10 bits per heavy atom. The van der Waals surface area contributed by atoms with Gasteiger partial charge in [-0.2, -0.15) is 0 Å². The Kier molecular flexibility index (Phi) is 3.53. The van der Waals surface area contributed by atoms with Gasteiger partial charge < -0.3 is 5.32 Å². The molecule has 20 heavy (non-hydrogen) atoms. The zero-order valence-corrected chi connectivity index (χ0v) is 11.4. The third-order valence-electron chi connectivity index (χ3n) is 3.78. The largest absolute Gasteiger partial charge is 0.310 e. The molecule has 0 saturated heterocycles. The van der Waals surface area contributed by atoms with E-state index in [0.29, 0.717) is 23.7 Å². The van der Waals surface area contributed by atoms with Crippen LogP contribution < -0.4 is 5.32 Å². The Labute approximate surface area is 117 Å². The molecule has 3 heteroatoms. The average molecular weight is 273 g/mol. The molecule has 2 aromatic rings. The van der Waals surface area contributed by atoms with Crippen molar-refractivity contribution < 1.29 is 8.78 Å². The van der Waals surface area contributed by atoms with E-state index >= 15 is 0 Å². The minimum absolute atomic E-state index is 0.212.